The van der Waals surface area contributed by atoms with Crippen LogP contribution in [0, 0.1) is 0 Å². The summed E-state index contributed by atoms with van der Waals surface area (Å²) in [6.07, 6.45) is 5.50. The summed E-state index contributed by atoms with van der Waals surface area (Å²) < 4.78 is 29.6. The molecule has 3 heterocycles. The van der Waals surface area contributed by atoms with Crippen LogP contribution in [0.15, 0.2) is 101 Å². The van der Waals surface area contributed by atoms with Gasteiger partial charge in [0.15, 0.2) is 0 Å². The second-order valence-electron chi connectivity index (χ2n) is 7.95. The van der Waals surface area contributed by atoms with E-state index in [9.17, 15) is 8.42 Å². The molecule has 0 fully saturated rings. The smallest absolute Gasteiger partial charge is 0.273 e. The van der Waals surface area contributed by atoms with Crippen LogP contribution >= 0.6 is 11.3 Å². The fourth-order valence-corrected chi connectivity index (χ4v) is 6.76. The van der Waals surface area contributed by atoms with Gasteiger partial charge < -0.3 is 9.88 Å². The summed E-state index contributed by atoms with van der Waals surface area (Å²) in [4.78, 5) is 9.50. The van der Waals surface area contributed by atoms with Crippen LogP contribution in [0.3, 0.4) is 0 Å². The third-order valence-corrected chi connectivity index (χ3v) is 9.01. The number of sulfonamides is 1. The fourth-order valence-electron chi connectivity index (χ4n) is 4.13. The fraction of sp³-hybridized carbons (Fsp3) is 0.160. The normalized spacial score (nSPS) is 15.0. The quantitative estimate of drug-likeness (QED) is 0.409. The second-order valence-corrected chi connectivity index (χ2v) is 11.0. The molecule has 0 radical (unpaired) electrons. The van der Waals surface area contributed by atoms with E-state index in [1.807, 2.05) is 67.0 Å². The highest BCUT2D eigenvalue weighted by atomic mass is 32.2. The average Bonchev–Trinajstić information content (AvgIpc) is 3.53. The van der Waals surface area contributed by atoms with E-state index in [1.54, 1.807) is 28.1 Å². The van der Waals surface area contributed by atoms with Crippen LogP contribution in [-0.2, 0) is 23.1 Å². The summed E-state index contributed by atoms with van der Waals surface area (Å²) in [5.74, 6) is -0.142. The molecule has 33 heavy (non-hydrogen) atoms. The lowest BCUT2D eigenvalue weighted by Crippen LogP contribution is -2.31. The molecular formula is C25H24N4O2S2. The van der Waals surface area contributed by atoms with E-state index in [2.05, 4.69) is 21.8 Å². The first-order valence-electron chi connectivity index (χ1n) is 10.7. The number of hydrogen-bond acceptors (Lipinski definition) is 5. The predicted octanol–water partition coefficient (Wildman–Crippen LogP) is 5.33. The van der Waals surface area contributed by atoms with Crippen LogP contribution in [0.25, 0.3) is 0 Å². The monoisotopic (exact) mass is 476 g/mol. The number of nitrogens with one attached hydrogen (secondary N) is 1. The minimum atomic E-state index is -3.74. The zero-order valence-electron chi connectivity index (χ0n) is 18.1. The number of para-hydroxylation sites is 1. The highest BCUT2D eigenvalue weighted by Crippen LogP contribution is 2.38. The highest BCUT2D eigenvalue weighted by Gasteiger charge is 2.34. The molecular weight excluding hydrogens is 452 g/mol. The molecule has 8 heteroatoms. The number of nitrogens with zero attached hydrogens (tertiary/aromatic N) is 3. The molecule has 168 valence electrons. The Morgan fingerprint density at radius 2 is 1.85 bits per heavy atom. The minimum absolute atomic E-state index is 0.142. The largest absolute Gasteiger partial charge is 0.351 e. The van der Waals surface area contributed by atoms with Crippen molar-refractivity contribution in [2.45, 2.75) is 30.1 Å². The second kappa shape index (κ2) is 8.88. The van der Waals surface area contributed by atoms with E-state index in [0.29, 0.717) is 10.8 Å². The van der Waals surface area contributed by atoms with Crippen LogP contribution in [0.4, 0.5) is 5.69 Å². The van der Waals surface area contributed by atoms with Gasteiger partial charge in [-0.2, -0.15) is 0 Å². The maximum Gasteiger partial charge on any atom is 0.273 e. The molecule has 0 unspecified atom stereocenters. The van der Waals surface area contributed by atoms with E-state index < -0.39 is 10.0 Å². The number of allylic oxidation sites excluding steroid dienone is 1. The maximum absolute atomic E-state index is 13.8. The minimum Gasteiger partial charge on any atom is -0.351 e. The number of hydrogen-bond donors (Lipinski definition) is 1. The lowest BCUT2D eigenvalue weighted by molar-refractivity contribution is 0.453. The standard InChI is InChI=1S/C25H24N4O2S2/c1-19(20-8-3-2-4-9-20)24-17-28(16-22-14-26-18-27-22)23-11-6-5-10-21(23)15-29(24)33(30,31)25-12-7-13-32-25/h2-14,17-19H,15-16H2,1H3,(H,26,27)/t19-/m0/s1. The first kappa shape index (κ1) is 21.5. The summed E-state index contributed by atoms with van der Waals surface area (Å²) >= 11 is 1.24. The van der Waals surface area contributed by atoms with Gasteiger partial charge in [0.1, 0.15) is 4.21 Å². The van der Waals surface area contributed by atoms with Crippen molar-refractivity contribution < 1.29 is 8.42 Å². The highest BCUT2D eigenvalue weighted by molar-refractivity contribution is 7.91. The Labute approximate surface area is 197 Å². The third kappa shape index (κ3) is 4.19. The number of thiophene rings is 1. The average molecular weight is 477 g/mol. The lowest BCUT2D eigenvalue weighted by atomic mass is 9.98. The Hall–Kier alpha value is -3.36. The number of imidazole rings is 1. The van der Waals surface area contributed by atoms with Crippen molar-refractivity contribution in [2.24, 2.45) is 0 Å². The molecule has 0 aliphatic carbocycles. The predicted molar refractivity (Wildman–Crippen MR) is 131 cm³/mol. The number of aromatic amines is 1. The molecule has 0 saturated heterocycles. The lowest BCUT2D eigenvalue weighted by Gasteiger charge is -2.29. The number of aromatic nitrogens is 2. The first-order valence-corrected chi connectivity index (χ1v) is 13.0. The van der Waals surface area contributed by atoms with E-state index in [4.69, 9.17) is 0 Å². The van der Waals surface area contributed by atoms with E-state index in [0.717, 1.165) is 28.2 Å². The summed E-state index contributed by atoms with van der Waals surface area (Å²) in [6.45, 7) is 2.84. The topological polar surface area (TPSA) is 69.3 Å². The van der Waals surface area contributed by atoms with Gasteiger partial charge in [0, 0.05) is 24.0 Å². The molecule has 1 atom stereocenters. The zero-order valence-corrected chi connectivity index (χ0v) is 19.8. The van der Waals surface area contributed by atoms with Crippen molar-refractivity contribution in [1.29, 1.82) is 0 Å². The first-order chi connectivity index (χ1) is 16.0. The van der Waals surface area contributed by atoms with Crippen molar-refractivity contribution in [3.8, 4) is 0 Å². The molecule has 2 aromatic carbocycles. The van der Waals surface area contributed by atoms with Crippen molar-refractivity contribution in [3.05, 3.63) is 113 Å². The van der Waals surface area contributed by atoms with Crippen LogP contribution in [0.5, 0.6) is 0 Å². The van der Waals surface area contributed by atoms with Crippen molar-refractivity contribution >= 4 is 27.0 Å². The van der Waals surface area contributed by atoms with Crippen LogP contribution < -0.4 is 4.90 Å². The molecule has 5 rings (SSSR count). The Morgan fingerprint density at radius 1 is 1.06 bits per heavy atom. The summed E-state index contributed by atoms with van der Waals surface area (Å²) in [5, 5.41) is 1.80. The molecule has 0 bridgehead atoms. The Morgan fingerprint density at radius 3 is 2.58 bits per heavy atom. The number of H-pyrrole nitrogens is 1. The molecule has 0 saturated carbocycles. The van der Waals surface area contributed by atoms with E-state index >= 15 is 0 Å². The summed E-state index contributed by atoms with van der Waals surface area (Å²) in [6, 6.07) is 21.4. The van der Waals surface area contributed by atoms with Crippen LogP contribution in [-0.4, -0.2) is 22.7 Å². The summed E-state index contributed by atoms with van der Waals surface area (Å²) in [5.41, 5.74) is 4.58. The van der Waals surface area contributed by atoms with Gasteiger partial charge in [-0.1, -0.05) is 61.5 Å². The molecule has 1 N–H and O–H groups in total. The molecule has 0 amide bonds. The van der Waals surface area contributed by atoms with Crippen LogP contribution in [0.1, 0.15) is 29.7 Å². The SMILES string of the molecule is C[C@H](C1=CN(Cc2c[nH]cn2)c2ccccc2CN1S(=O)(=O)c1cccs1)c1ccccc1. The van der Waals surface area contributed by atoms with Crippen molar-refractivity contribution in [2.75, 3.05) is 4.90 Å². The number of benzene rings is 2. The molecule has 4 aromatic rings. The maximum atomic E-state index is 13.8. The molecule has 0 spiro atoms. The van der Waals surface area contributed by atoms with Crippen molar-refractivity contribution in [3.63, 3.8) is 0 Å². The van der Waals surface area contributed by atoms with Gasteiger partial charge in [0.25, 0.3) is 10.0 Å². The van der Waals surface area contributed by atoms with Gasteiger partial charge in [-0.15, -0.1) is 11.3 Å². The Balaban J connectivity index is 1.68. The third-order valence-electron chi connectivity index (χ3n) is 5.86. The van der Waals surface area contributed by atoms with Gasteiger partial charge in [-0.25, -0.2) is 13.4 Å². The number of rotatable bonds is 6. The molecule has 6 nitrogen and oxygen atoms in total. The van der Waals surface area contributed by atoms with Gasteiger partial charge in [0.05, 0.1) is 30.8 Å². The Bertz CT molecular complexity index is 1350. The summed E-state index contributed by atoms with van der Waals surface area (Å²) in [7, 11) is -3.74. The number of anilines is 1. The van der Waals surface area contributed by atoms with Gasteiger partial charge in [-0.3, -0.25) is 4.31 Å². The van der Waals surface area contributed by atoms with Crippen molar-refractivity contribution in [1.82, 2.24) is 14.3 Å². The Kier molecular flexibility index (Phi) is 5.78. The van der Waals surface area contributed by atoms with Gasteiger partial charge in [0.2, 0.25) is 0 Å². The van der Waals surface area contributed by atoms with E-state index in [-0.39, 0.29) is 12.5 Å². The zero-order chi connectivity index (χ0) is 22.8. The molecule has 1 aliphatic rings. The number of fused-ring (bicyclic) bond motifs is 1. The van der Waals surface area contributed by atoms with E-state index in [1.165, 1.54) is 11.3 Å². The van der Waals surface area contributed by atoms with Gasteiger partial charge in [-0.05, 0) is 28.6 Å². The van der Waals surface area contributed by atoms with Crippen LogP contribution in [0.2, 0.25) is 0 Å². The molecule has 1 aliphatic heterocycles. The van der Waals surface area contributed by atoms with Gasteiger partial charge >= 0.3 is 0 Å². The molecule has 2 aromatic heterocycles.